The predicted molar refractivity (Wildman–Crippen MR) is 123 cm³/mol. The van der Waals surface area contributed by atoms with Crippen LogP contribution in [-0.2, 0) is 14.8 Å². The van der Waals surface area contributed by atoms with E-state index >= 15 is 0 Å². The molecule has 1 aliphatic rings. The Morgan fingerprint density at radius 1 is 1.06 bits per heavy atom. The molecule has 2 atom stereocenters. The summed E-state index contributed by atoms with van der Waals surface area (Å²) in [5.74, 6) is -0.840. The molecule has 1 aliphatic heterocycles. The summed E-state index contributed by atoms with van der Waals surface area (Å²) in [6.07, 6.45) is -0.186. The van der Waals surface area contributed by atoms with Crippen LogP contribution < -0.4 is 5.32 Å². The summed E-state index contributed by atoms with van der Waals surface area (Å²) in [7, 11) is -0.944. The lowest BCUT2D eigenvalue weighted by Crippen LogP contribution is -2.48. The average molecular weight is 480 g/mol. The number of anilines is 1. The number of carbonyl (C=O) groups excluding carboxylic acids is 2. The number of nitrogens with zero attached hydrogens (tertiary/aromatic N) is 2. The number of benzene rings is 2. The van der Waals surface area contributed by atoms with Crippen LogP contribution in [0.1, 0.15) is 34.6 Å². The lowest BCUT2D eigenvalue weighted by atomic mass is 10.1. The number of nitrogens with one attached hydrogen (secondary N) is 1. The van der Waals surface area contributed by atoms with E-state index in [-0.39, 0.29) is 33.6 Å². The third-order valence-electron chi connectivity index (χ3n) is 5.07. The molecule has 2 aromatic rings. The highest BCUT2D eigenvalue weighted by atomic mass is 35.5. The second kappa shape index (κ2) is 9.58. The zero-order valence-electron chi connectivity index (χ0n) is 18.3. The first-order chi connectivity index (χ1) is 15.0. The van der Waals surface area contributed by atoms with E-state index in [1.54, 1.807) is 29.2 Å². The number of carbonyl (C=O) groups is 2. The van der Waals surface area contributed by atoms with Gasteiger partial charge in [0.15, 0.2) is 0 Å². The monoisotopic (exact) mass is 479 g/mol. The smallest absolute Gasteiger partial charge is 0.257 e. The van der Waals surface area contributed by atoms with Crippen molar-refractivity contribution in [3.8, 4) is 0 Å². The van der Waals surface area contributed by atoms with Gasteiger partial charge >= 0.3 is 0 Å². The third kappa shape index (κ3) is 5.12. The number of hydrogen-bond acceptors (Lipinski definition) is 5. The Morgan fingerprint density at radius 2 is 1.69 bits per heavy atom. The lowest BCUT2D eigenvalue weighted by Gasteiger charge is -2.35. The van der Waals surface area contributed by atoms with E-state index in [4.69, 9.17) is 16.3 Å². The van der Waals surface area contributed by atoms with Gasteiger partial charge in [0.25, 0.3) is 11.8 Å². The molecule has 2 aromatic carbocycles. The molecule has 0 saturated carbocycles. The molecule has 0 bridgehead atoms. The largest absolute Gasteiger partial charge is 0.372 e. The second-order valence-electron chi connectivity index (χ2n) is 7.90. The molecule has 0 aliphatic carbocycles. The number of para-hydroxylation sites is 1. The summed E-state index contributed by atoms with van der Waals surface area (Å²) in [4.78, 5) is 27.8. The number of halogens is 1. The molecule has 2 amide bonds. The van der Waals surface area contributed by atoms with Gasteiger partial charge in [0.1, 0.15) is 0 Å². The number of morpholine rings is 1. The Kier molecular flexibility index (Phi) is 7.24. The first-order valence-electron chi connectivity index (χ1n) is 10.1. The maximum absolute atomic E-state index is 13.2. The number of sulfonamides is 1. The standard InChI is InChI=1S/C22H26ClN3O5S/c1-14-12-26(13-15(2)31-14)22(28)17-7-5-6-8-20(17)24-21(27)18-11-16(9-10-19(18)23)32(29,30)25(3)4/h5-11,14-15H,12-13H2,1-4H3,(H,24,27)/t14-,15-/m1/s1. The first-order valence-corrected chi connectivity index (χ1v) is 11.9. The molecule has 10 heteroatoms. The van der Waals surface area contributed by atoms with Crippen LogP contribution in [0.3, 0.4) is 0 Å². The van der Waals surface area contributed by atoms with Crippen LogP contribution >= 0.6 is 11.6 Å². The van der Waals surface area contributed by atoms with E-state index in [1.807, 2.05) is 13.8 Å². The van der Waals surface area contributed by atoms with E-state index < -0.39 is 15.9 Å². The summed E-state index contributed by atoms with van der Waals surface area (Å²) < 4.78 is 31.6. The van der Waals surface area contributed by atoms with Crippen molar-refractivity contribution in [2.45, 2.75) is 31.0 Å². The Balaban J connectivity index is 1.89. The minimum atomic E-state index is -3.75. The molecular formula is C22H26ClN3O5S. The molecule has 1 N–H and O–H groups in total. The summed E-state index contributed by atoms with van der Waals surface area (Å²) in [6.45, 7) is 4.70. The Bertz CT molecular complexity index is 1130. The summed E-state index contributed by atoms with van der Waals surface area (Å²) >= 11 is 6.18. The quantitative estimate of drug-likeness (QED) is 0.710. The van der Waals surface area contributed by atoms with Crippen LogP contribution in [0.4, 0.5) is 5.69 Å². The van der Waals surface area contributed by atoms with E-state index in [2.05, 4.69) is 5.32 Å². The van der Waals surface area contributed by atoms with Gasteiger partial charge in [-0.25, -0.2) is 12.7 Å². The van der Waals surface area contributed by atoms with Gasteiger partial charge in [0.05, 0.1) is 38.9 Å². The van der Waals surface area contributed by atoms with Crippen LogP contribution in [0.15, 0.2) is 47.4 Å². The number of ether oxygens (including phenoxy) is 1. The fraction of sp³-hybridized carbons (Fsp3) is 0.364. The normalized spacial score (nSPS) is 19.1. The zero-order chi connectivity index (χ0) is 23.6. The van der Waals surface area contributed by atoms with Gasteiger partial charge in [0, 0.05) is 27.2 Å². The summed E-state index contributed by atoms with van der Waals surface area (Å²) in [5, 5.41) is 2.80. The first kappa shape index (κ1) is 24.2. The molecule has 0 radical (unpaired) electrons. The van der Waals surface area contributed by atoms with Crippen LogP contribution in [0.2, 0.25) is 5.02 Å². The molecule has 1 saturated heterocycles. The predicted octanol–water partition coefficient (Wildman–Crippen LogP) is 3.09. The van der Waals surface area contributed by atoms with Gasteiger partial charge in [-0.3, -0.25) is 9.59 Å². The second-order valence-corrected chi connectivity index (χ2v) is 10.5. The van der Waals surface area contributed by atoms with E-state index in [0.29, 0.717) is 24.3 Å². The van der Waals surface area contributed by atoms with Crippen LogP contribution in [0.5, 0.6) is 0 Å². The molecule has 8 nitrogen and oxygen atoms in total. The molecule has 32 heavy (non-hydrogen) atoms. The van der Waals surface area contributed by atoms with Crippen molar-refractivity contribution in [2.75, 3.05) is 32.5 Å². The van der Waals surface area contributed by atoms with Crippen molar-refractivity contribution in [3.05, 3.63) is 58.6 Å². The Labute approximate surface area is 193 Å². The molecule has 0 aromatic heterocycles. The fourth-order valence-electron chi connectivity index (χ4n) is 3.53. The van der Waals surface area contributed by atoms with Crippen LogP contribution in [0.25, 0.3) is 0 Å². The van der Waals surface area contributed by atoms with E-state index in [0.717, 1.165) is 4.31 Å². The summed E-state index contributed by atoms with van der Waals surface area (Å²) in [6, 6.07) is 10.6. The van der Waals surface area contributed by atoms with Gasteiger partial charge < -0.3 is 15.0 Å². The molecular weight excluding hydrogens is 454 g/mol. The van der Waals surface area contributed by atoms with E-state index in [1.165, 1.54) is 32.3 Å². The maximum Gasteiger partial charge on any atom is 0.257 e. The van der Waals surface area contributed by atoms with Gasteiger partial charge in [-0.2, -0.15) is 0 Å². The van der Waals surface area contributed by atoms with Crippen LogP contribution in [0, 0.1) is 0 Å². The molecule has 0 spiro atoms. The minimum Gasteiger partial charge on any atom is -0.372 e. The van der Waals surface area contributed by atoms with Gasteiger partial charge in [-0.1, -0.05) is 23.7 Å². The SMILES string of the molecule is C[C@@H]1CN(C(=O)c2ccccc2NC(=O)c2cc(S(=O)(=O)N(C)C)ccc2Cl)C[C@@H](C)O1. The Morgan fingerprint density at radius 3 is 2.31 bits per heavy atom. The molecule has 172 valence electrons. The van der Waals surface area contributed by atoms with Crippen molar-refractivity contribution in [3.63, 3.8) is 0 Å². The summed E-state index contributed by atoms with van der Waals surface area (Å²) in [5.41, 5.74) is 0.632. The number of rotatable bonds is 5. The minimum absolute atomic E-state index is 0.00883. The highest BCUT2D eigenvalue weighted by Crippen LogP contribution is 2.25. The van der Waals surface area contributed by atoms with E-state index in [9.17, 15) is 18.0 Å². The fourth-order valence-corrected chi connectivity index (χ4v) is 4.66. The average Bonchev–Trinajstić information content (AvgIpc) is 2.73. The topological polar surface area (TPSA) is 96.0 Å². The Hall–Kier alpha value is -2.46. The lowest BCUT2D eigenvalue weighted by molar-refractivity contribution is -0.0585. The highest BCUT2D eigenvalue weighted by molar-refractivity contribution is 7.89. The number of amides is 2. The van der Waals surface area contributed by atoms with Crippen molar-refractivity contribution in [1.82, 2.24) is 9.21 Å². The molecule has 0 unspecified atom stereocenters. The highest BCUT2D eigenvalue weighted by Gasteiger charge is 2.28. The molecule has 1 fully saturated rings. The zero-order valence-corrected chi connectivity index (χ0v) is 19.9. The maximum atomic E-state index is 13.2. The van der Waals surface area contributed by atoms with Gasteiger partial charge in [0.2, 0.25) is 10.0 Å². The van der Waals surface area contributed by atoms with Crippen LogP contribution in [-0.4, -0.2) is 68.8 Å². The van der Waals surface area contributed by atoms with Crippen molar-refractivity contribution in [1.29, 1.82) is 0 Å². The van der Waals surface area contributed by atoms with Gasteiger partial charge in [-0.05, 0) is 44.2 Å². The van der Waals surface area contributed by atoms with Crippen molar-refractivity contribution < 1.29 is 22.7 Å². The molecule has 1 heterocycles. The molecule has 3 rings (SSSR count). The third-order valence-corrected chi connectivity index (χ3v) is 7.21. The van der Waals surface area contributed by atoms with Crippen molar-refractivity contribution in [2.24, 2.45) is 0 Å². The van der Waals surface area contributed by atoms with Crippen molar-refractivity contribution >= 4 is 39.1 Å². The van der Waals surface area contributed by atoms with Gasteiger partial charge in [-0.15, -0.1) is 0 Å². The number of hydrogen-bond donors (Lipinski definition) is 1.